The van der Waals surface area contributed by atoms with E-state index in [1.807, 2.05) is 6.07 Å². The molecule has 0 heterocycles. The van der Waals surface area contributed by atoms with E-state index in [4.69, 9.17) is 9.26 Å². The minimum absolute atomic E-state index is 0.347. The zero-order valence-electron chi connectivity index (χ0n) is 9.60. The first-order valence-corrected chi connectivity index (χ1v) is 7.16. The van der Waals surface area contributed by atoms with Crippen molar-refractivity contribution in [3.8, 4) is 11.5 Å². The zero-order chi connectivity index (χ0) is 12.8. The van der Waals surface area contributed by atoms with Gasteiger partial charge in [0.2, 0.25) is 0 Å². The van der Waals surface area contributed by atoms with Crippen molar-refractivity contribution >= 4 is 7.60 Å². The highest BCUT2D eigenvalue weighted by Crippen LogP contribution is 2.42. The van der Waals surface area contributed by atoms with Gasteiger partial charge in [0, 0.05) is 0 Å². The summed E-state index contributed by atoms with van der Waals surface area (Å²) in [5.74, 6) is 0.878. The van der Waals surface area contributed by atoms with E-state index in [9.17, 15) is 9.46 Å². The lowest BCUT2D eigenvalue weighted by molar-refractivity contribution is 0.305. The van der Waals surface area contributed by atoms with Crippen LogP contribution in [0.5, 0.6) is 11.5 Å². The van der Waals surface area contributed by atoms with E-state index < -0.39 is 7.60 Å². The Balaban J connectivity index is 1.94. The maximum atomic E-state index is 11.8. The van der Waals surface area contributed by atoms with E-state index in [-0.39, 0.29) is 6.35 Å². The molecule has 2 aromatic rings. The first-order chi connectivity index (χ1) is 8.66. The Bertz CT molecular complexity index is 527. The molecule has 0 amide bonds. The Hall–Kier alpha value is -1.77. The Morgan fingerprint density at radius 2 is 1.39 bits per heavy atom. The Labute approximate surface area is 105 Å². The maximum absolute atomic E-state index is 11.8. The van der Waals surface area contributed by atoms with Crippen LogP contribution in [0.1, 0.15) is 0 Å². The van der Waals surface area contributed by atoms with Gasteiger partial charge in [0.15, 0.2) is 6.35 Å². The predicted octanol–water partition coefficient (Wildman–Crippen LogP) is 3.29. The standard InChI is InChI=1S/C13H13O4P/c14-18(15,17-13-9-5-2-6-10-13)11-16-12-7-3-1-4-8-12/h1-10H,11H2,(H,14,15). The molecule has 0 bridgehead atoms. The first-order valence-electron chi connectivity index (χ1n) is 5.40. The van der Waals surface area contributed by atoms with Crippen molar-refractivity contribution in [2.45, 2.75) is 0 Å². The fraction of sp³-hybridized carbons (Fsp3) is 0.0769. The van der Waals surface area contributed by atoms with Gasteiger partial charge in [-0.1, -0.05) is 36.4 Å². The van der Waals surface area contributed by atoms with E-state index in [0.29, 0.717) is 11.5 Å². The molecule has 1 atom stereocenters. The van der Waals surface area contributed by atoms with Crippen LogP contribution in [0.2, 0.25) is 0 Å². The summed E-state index contributed by atoms with van der Waals surface area (Å²) in [6, 6.07) is 17.3. The summed E-state index contributed by atoms with van der Waals surface area (Å²) in [4.78, 5) is 9.64. The average Bonchev–Trinajstić information content (AvgIpc) is 2.38. The molecule has 0 saturated carbocycles. The van der Waals surface area contributed by atoms with Gasteiger partial charge in [-0.3, -0.25) is 0 Å². The van der Waals surface area contributed by atoms with Crippen LogP contribution in [0.4, 0.5) is 0 Å². The number of rotatable bonds is 5. The van der Waals surface area contributed by atoms with Gasteiger partial charge < -0.3 is 14.2 Å². The second kappa shape index (κ2) is 5.71. The number of hydrogen-bond donors (Lipinski definition) is 1. The van der Waals surface area contributed by atoms with Gasteiger partial charge >= 0.3 is 7.60 Å². The van der Waals surface area contributed by atoms with Crippen LogP contribution in [-0.4, -0.2) is 11.2 Å². The van der Waals surface area contributed by atoms with Crippen LogP contribution in [0.15, 0.2) is 60.7 Å². The summed E-state index contributed by atoms with van der Waals surface area (Å²) in [5, 5.41) is 0. The van der Waals surface area contributed by atoms with E-state index >= 15 is 0 Å². The van der Waals surface area contributed by atoms with Gasteiger partial charge in [-0.25, -0.2) is 4.57 Å². The Morgan fingerprint density at radius 3 is 1.94 bits per heavy atom. The molecule has 0 saturated heterocycles. The van der Waals surface area contributed by atoms with Crippen molar-refractivity contribution in [2.75, 3.05) is 6.35 Å². The first kappa shape index (κ1) is 12.7. The second-order valence-corrected chi connectivity index (χ2v) is 5.34. The van der Waals surface area contributed by atoms with Gasteiger partial charge in [0.05, 0.1) is 0 Å². The van der Waals surface area contributed by atoms with Crippen molar-refractivity contribution in [3.05, 3.63) is 60.7 Å². The highest BCUT2D eigenvalue weighted by Gasteiger charge is 2.22. The molecule has 1 N–H and O–H groups in total. The summed E-state index contributed by atoms with van der Waals surface area (Å²) >= 11 is 0. The summed E-state index contributed by atoms with van der Waals surface area (Å²) in [7, 11) is -3.80. The van der Waals surface area contributed by atoms with Gasteiger partial charge in [0.1, 0.15) is 11.5 Å². The SMILES string of the molecule is O=P(O)(COc1ccccc1)Oc1ccccc1. The molecule has 0 aliphatic rings. The minimum Gasteiger partial charge on any atom is -0.480 e. The number of benzene rings is 2. The van der Waals surface area contributed by atoms with Crippen LogP contribution in [0, 0.1) is 0 Å². The third kappa shape index (κ3) is 3.91. The molecule has 0 spiro atoms. The van der Waals surface area contributed by atoms with Crippen molar-refractivity contribution in [3.63, 3.8) is 0 Å². The van der Waals surface area contributed by atoms with E-state index in [2.05, 4.69) is 0 Å². The molecule has 5 heteroatoms. The second-order valence-electron chi connectivity index (χ2n) is 3.63. The molecule has 4 nitrogen and oxygen atoms in total. The molecule has 2 rings (SSSR count). The van der Waals surface area contributed by atoms with Crippen LogP contribution in [0.3, 0.4) is 0 Å². The van der Waals surface area contributed by atoms with Gasteiger partial charge in [-0.2, -0.15) is 0 Å². The molecule has 0 aromatic heterocycles. The van der Waals surface area contributed by atoms with Crippen molar-refractivity contribution in [1.29, 1.82) is 0 Å². The molecule has 0 aliphatic carbocycles. The predicted molar refractivity (Wildman–Crippen MR) is 68.8 cm³/mol. The molecule has 2 aromatic carbocycles. The molecule has 0 aliphatic heterocycles. The van der Waals surface area contributed by atoms with Crippen LogP contribution in [-0.2, 0) is 4.57 Å². The number of para-hydroxylation sites is 2. The third-order valence-electron chi connectivity index (χ3n) is 2.13. The van der Waals surface area contributed by atoms with Crippen LogP contribution >= 0.6 is 7.60 Å². The third-order valence-corrected chi connectivity index (χ3v) is 3.08. The highest BCUT2D eigenvalue weighted by atomic mass is 31.2. The monoisotopic (exact) mass is 264 g/mol. The number of hydrogen-bond acceptors (Lipinski definition) is 3. The molecule has 0 radical (unpaired) electrons. The maximum Gasteiger partial charge on any atom is 0.413 e. The topological polar surface area (TPSA) is 55.8 Å². The van der Waals surface area contributed by atoms with Crippen LogP contribution < -0.4 is 9.26 Å². The minimum atomic E-state index is -3.80. The highest BCUT2D eigenvalue weighted by molar-refractivity contribution is 7.53. The summed E-state index contributed by atoms with van der Waals surface area (Å²) in [6.07, 6.45) is -0.383. The van der Waals surface area contributed by atoms with E-state index in [1.165, 1.54) is 0 Å². The fourth-order valence-corrected chi connectivity index (χ4v) is 2.16. The average molecular weight is 264 g/mol. The van der Waals surface area contributed by atoms with Gasteiger partial charge in [-0.15, -0.1) is 0 Å². The summed E-state index contributed by atoms with van der Waals surface area (Å²) in [5.41, 5.74) is 0. The fourth-order valence-electron chi connectivity index (χ4n) is 1.35. The van der Waals surface area contributed by atoms with Crippen molar-refractivity contribution in [1.82, 2.24) is 0 Å². The van der Waals surface area contributed by atoms with E-state index in [0.717, 1.165) is 0 Å². The molecule has 94 valence electrons. The summed E-state index contributed by atoms with van der Waals surface area (Å²) < 4.78 is 22.0. The lowest BCUT2D eigenvalue weighted by atomic mass is 10.3. The lowest BCUT2D eigenvalue weighted by Crippen LogP contribution is -2.03. The normalized spacial score (nSPS) is 13.6. The Kier molecular flexibility index (Phi) is 4.03. The van der Waals surface area contributed by atoms with Crippen molar-refractivity contribution < 1.29 is 18.7 Å². The largest absolute Gasteiger partial charge is 0.480 e. The molecular formula is C13H13O4P. The van der Waals surface area contributed by atoms with Crippen LogP contribution in [0.25, 0.3) is 0 Å². The van der Waals surface area contributed by atoms with Gasteiger partial charge in [0.25, 0.3) is 0 Å². The Morgan fingerprint density at radius 1 is 0.889 bits per heavy atom. The van der Waals surface area contributed by atoms with Gasteiger partial charge in [-0.05, 0) is 24.3 Å². The van der Waals surface area contributed by atoms with Crippen molar-refractivity contribution in [2.24, 2.45) is 0 Å². The molecule has 0 fully saturated rings. The quantitative estimate of drug-likeness (QED) is 0.842. The smallest absolute Gasteiger partial charge is 0.413 e. The molecule has 18 heavy (non-hydrogen) atoms. The molecular weight excluding hydrogens is 251 g/mol. The number of ether oxygens (including phenoxy) is 1. The lowest BCUT2D eigenvalue weighted by Gasteiger charge is -2.14. The molecule has 1 unspecified atom stereocenters. The summed E-state index contributed by atoms with van der Waals surface area (Å²) in [6.45, 7) is 0. The van der Waals surface area contributed by atoms with E-state index in [1.54, 1.807) is 54.6 Å². The zero-order valence-corrected chi connectivity index (χ0v) is 10.5.